The van der Waals surface area contributed by atoms with Crippen molar-refractivity contribution in [3.63, 3.8) is 0 Å². The van der Waals surface area contributed by atoms with E-state index in [9.17, 15) is 4.79 Å². The molecule has 19 heavy (non-hydrogen) atoms. The highest BCUT2D eigenvalue weighted by Crippen LogP contribution is 2.18. The molecule has 96 valence electrons. The third-order valence-corrected chi connectivity index (χ3v) is 2.34. The smallest absolute Gasteiger partial charge is 0.267 e. The predicted molar refractivity (Wildman–Crippen MR) is 66.3 cm³/mol. The van der Waals surface area contributed by atoms with Crippen molar-refractivity contribution >= 4 is 11.9 Å². The molecule has 0 aliphatic carbocycles. The Bertz CT molecular complexity index is 603. The zero-order chi connectivity index (χ0) is 13.7. The van der Waals surface area contributed by atoms with E-state index in [0.29, 0.717) is 11.3 Å². The van der Waals surface area contributed by atoms with E-state index in [2.05, 4.69) is 20.5 Å². The highest BCUT2D eigenvalue weighted by atomic mass is 16.5. The van der Waals surface area contributed by atoms with Gasteiger partial charge in [-0.05, 0) is 19.1 Å². The number of para-hydroxylation sites is 1. The summed E-state index contributed by atoms with van der Waals surface area (Å²) in [6, 6.07) is 8.72. The number of H-pyrrole nitrogens is 1. The van der Waals surface area contributed by atoms with E-state index in [-0.39, 0.29) is 11.9 Å². The van der Waals surface area contributed by atoms with Crippen molar-refractivity contribution in [2.24, 2.45) is 0 Å². The number of carbonyl (C=O) groups excluding carboxylic acids is 1. The van der Waals surface area contributed by atoms with Gasteiger partial charge >= 0.3 is 0 Å². The summed E-state index contributed by atoms with van der Waals surface area (Å²) in [5.74, 6) is 0.226. The number of benzene rings is 1. The lowest BCUT2D eigenvalue weighted by Crippen LogP contribution is -2.30. The summed E-state index contributed by atoms with van der Waals surface area (Å²) in [5, 5.41) is 17.5. The number of nitrogens with one attached hydrogen (secondary N) is 2. The molecule has 2 rings (SSSR count). The number of ether oxygens (including phenoxy) is 1. The largest absolute Gasteiger partial charge is 0.480 e. The molecule has 0 bridgehead atoms. The molecule has 0 spiro atoms. The number of aromatic amines is 1. The SMILES string of the molecule is CC(Oc1ccccc1C#N)C(=O)Nc1ncn[nH]1. The third kappa shape index (κ3) is 3.07. The number of amides is 1. The summed E-state index contributed by atoms with van der Waals surface area (Å²) in [7, 11) is 0. The molecule has 1 heterocycles. The van der Waals surface area contributed by atoms with Gasteiger partial charge < -0.3 is 4.74 Å². The monoisotopic (exact) mass is 257 g/mol. The first-order chi connectivity index (χ1) is 9.20. The van der Waals surface area contributed by atoms with Crippen LogP contribution in [-0.4, -0.2) is 27.2 Å². The molecule has 1 aromatic carbocycles. The van der Waals surface area contributed by atoms with Gasteiger partial charge in [0, 0.05) is 0 Å². The molecule has 0 aliphatic heterocycles. The van der Waals surface area contributed by atoms with Gasteiger partial charge in [0.15, 0.2) is 6.10 Å². The Kier molecular flexibility index (Phi) is 3.73. The molecular weight excluding hydrogens is 246 g/mol. The number of nitrogens with zero attached hydrogens (tertiary/aromatic N) is 3. The van der Waals surface area contributed by atoms with E-state index in [0.717, 1.165) is 0 Å². The van der Waals surface area contributed by atoms with Crippen LogP contribution in [0.25, 0.3) is 0 Å². The fourth-order valence-electron chi connectivity index (χ4n) is 1.39. The molecule has 7 nitrogen and oxygen atoms in total. The Labute approximate surface area is 109 Å². The van der Waals surface area contributed by atoms with E-state index in [1.54, 1.807) is 31.2 Å². The quantitative estimate of drug-likeness (QED) is 0.853. The molecule has 2 N–H and O–H groups in total. The maximum atomic E-state index is 11.8. The van der Waals surface area contributed by atoms with E-state index in [4.69, 9.17) is 10.00 Å². The van der Waals surface area contributed by atoms with Gasteiger partial charge in [-0.1, -0.05) is 12.1 Å². The molecule has 7 heteroatoms. The zero-order valence-corrected chi connectivity index (χ0v) is 10.1. The molecule has 0 radical (unpaired) electrons. The topological polar surface area (TPSA) is 104 Å². The molecule has 1 unspecified atom stereocenters. The molecule has 0 fully saturated rings. The Balaban J connectivity index is 2.02. The van der Waals surface area contributed by atoms with Crippen molar-refractivity contribution in [1.29, 1.82) is 5.26 Å². The normalized spacial score (nSPS) is 11.4. The number of nitriles is 1. The zero-order valence-electron chi connectivity index (χ0n) is 10.1. The van der Waals surface area contributed by atoms with Crippen LogP contribution in [0.3, 0.4) is 0 Å². The number of anilines is 1. The third-order valence-electron chi connectivity index (χ3n) is 2.34. The second-order valence-electron chi connectivity index (χ2n) is 3.69. The van der Waals surface area contributed by atoms with Gasteiger partial charge in [-0.15, -0.1) is 0 Å². The maximum absolute atomic E-state index is 11.8. The minimum atomic E-state index is -0.764. The minimum Gasteiger partial charge on any atom is -0.480 e. The van der Waals surface area contributed by atoms with Crippen LogP contribution < -0.4 is 10.1 Å². The van der Waals surface area contributed by atoms with Gasteiger partial charge in [0.2, 0.25) is 5.95 Å². The van der Waals surface area contributed by atoms with E-state index in [1.807, 2.05) is 6.07 Å². The van der Waals surface area contributed by atoms with Crippen molar-refractivity contribution in [2.75, 3.05) is 5.32 Å². The molecule has 1 amide bonds. The summed E-state index contributed by atoms with van der Waals surface area (Å²) >= 11 is 0. The van der Waals surface area contributed by atoms with E-state index < -0.39 is 6.10 Å². The molecule has 0 saturated heterocycles. The van der Waals surface area contributed by atoms with Crippen molar-refractivity contribution in [3.05, 3.63) is 36.2 Å². The summed E-state index contributed by atoms with van der Waals surface area (Å²) < 4.78 is 5.45. The highest BCUT2D eigenvalue weighted by molar-refractivity contribution is 5.92. The maximum Gasteiger partial charge on any atom is 0.267 e. The first-order valence-corrected chi connectivity index (χ1v) is 5.52. The molecular formula is C12H11N5O2. The average Bonchev–Trinajstić information content (AvgIpc) is 2.92. The van der Waals surface area contributed by atoms with Crippen LogP contribution in [-0.2, 0) is 4.79 Å². The van der Waals surface area contributed by atoms with Crippen LogP contribution in [0.2, 0.25) is 0 Å². The first-order valence-electron chi connectivity index (χ1n) is 5.52. The van der Waals surface area contributed by atoms with Crippen LogP contribution in [0.1, 0.15) is 12.5 Å². The number of hydrogen-bond donors (Lipinski definition) is 2. The minimum absolute atomic E-state index is 0.244. The molecule has 2 aromatic rings. The van der Waals surface area contributed by atoms with Gasteiger partial charge in [0.1, 0.15) is 18.1 Å². The summed E-state index contributed by atoms with van der Waals surface area (Å²) in [6.07, 6.45) is 0.520. The Hall–Kier alpha value is -2.88. The summed E-state index contributed by atoms with van der Waals surface area (Å²) in [6.45, 7) is 1.58. The fourth-order valence-corrected chi connectivity index (χ4v) is 1.39. The predicted octanol–water partition coefficient (Wildman–Crippen LogP) is 1.08. The van der Waals surface area contributed by atoms with E-state index in [1.165, 1.54) is 6.33 Å². The van der Waals surface area contributed by atoms with Crippen LogP contribution in [0, 0.1) is 11.3 Å². The molecule has 0 aliphatic rings. The highest BCUT2D eigenvalue weighted by Gasteiger charge is 2.17. The lowest BCUT2D eigenvalue weighted by Gasteiger charge is -2.14. The fraction of sp³-hybridized carbons (Fsp3) is 0.167. The Morgan fingerprint density at radius 1 is 1.53 bits per heavy atom. The van der Waals surface area contributed by atoms with Crippen LogP contribution in [0.5, 0.6) is 5.75 Å². The lowest BCUT2D eigenvalue weighted by molar-refractivity contribution is -0.122. The first kappa shape index (κ1) is 12.6. The van der Waals surface area contributed by atoms with Gasteiger partial charge in [0.25, 0.3) is 5.91 Å². The number of aromatic nitrogens is 3. The van der Waals surface area contributed by atoms with Gasteiger partial charge in [0.05, 0.1) is 5.56 Å². The van der Waals surface area contributed by atoms with Crippen molar-refractivity contribution in [1.82, 2.24) is 15.2 Å². The van der Waals surface area contributed by atoms with Crippen molar-refractivity contribution in [2.45, 2.75) is 13.0 Å². The van der Waals surface area contributed by atoms with Gasteiger partial charge in [-0.25, -0.2) is 5.10 Å². The summed E-state index contributed by atoms with van der Waals surface area (Å²) in [5.41, 5.74) is 0.377. The average molecular weight is 257 g/mol. The van der Waals surface area contributed by atoms with E-state index >= 15 is 0 Å². The van der Waals surface area contributed by atoms with Crippen molar-refractivity contribution < 1.29 is 9.53 Å². The van der Waals surface area contributed by atoms with Gasteiger partial charge in [-0.2, -0.15) is 15.3 Å². The number of carbonyl (C=O) groups is 1. The lowest BCUT2D eigenvalue weighted by atomic mass is 10.2. The molecule has 1 atom stereocenters. The summed E-state index contributed by atoms with van der Waals surface area (Å²) in [4.78, 5) is 15.6. The van der Waals surface area contributed by atoms with Gasteiger partial charge in [-0.3, -0.25) is 10.1 Å². The Morgan fingerprint density at radius 2 is 2.32 bits per heavy atom. The standard InChI is InChI=1S/C12H11N5O2/c1-8(11(18)16-12-14-7-15-17-12)19-10-5-3-2-4-9(10)6-13/h2-5,7-8H,1H3,(H2,14,15,16,17,18). The van der Waals surface area contributed by atoms with Crippen LogP contribution >= 0.6 is 0 Å². The van der Waals surface area contributed by atoms with Crippen molar-refractivity contribution in [3.8, 4) is 11.8 Å². The van der Waals surface area contributed by atoms with Crippen LogP contribution in [0.4, 0.5) is 5.95 Å². The number of rotatable bonds is 4. The molecule has 0 saturated carbocycles. The second-order valence-corrected chi connectivity index (χ2v) is 3.69. The number of hydrogen-bond acceptors (Lipinski definition) is 5. The Morgan fingerprint density at radius 3 is 3.00 bits per heavy atom. The second kappa shape index (κ2) is 5.64. The van der Waals surface area contributed by atoms with Crippen LogP contribution in [0.15, 0.2) is 30.6 Å². The molecule has 1 aromatic heterocycles.